The number of carbonyl (C=O) groups excluding carboxylic acids is 1. The van der Waals surface area contributed by atoms with Crippen molar-refractivity contribution < 1.29 is 26.4 Å². The molecule has 1 saturated heterocycles. The summed E-state index contributed by atoms with van der Waals surface area (Å²) < 4.78 is 58.0. The molecule has 9 nitrogen and oxygen atoms in total. The van der Waals surface area contributed by atoms with Crippen molar-refractivity contribution in [3.05, 3.63) is 100 Å². The van der Waals surface area contributed by atoms with Crippen molar-refractivity contribution in [1.29, 1.82) is 5.41 Å². The van der Waals surface area contributed by atoms with Gasteiger partial charge in [0.15, 0.2) is 42.1 Å². The summed E-state index contributed by atoms with van der Waals surface area (Å²) in [5.41, 5.74) is 4.23. The third kappa shape index (κ3) is 6.55. The van der Waals surface area contributed by atoms with Crippen molar-refractivity contribution >= 4 is 42.1 Å². The third-order valence-electron chi connectivity index (χ3n) is 8.05. The molecule has 3 heterocycles. The molecule has 0 radical (unpaired) electrons. The molecule has 3 N–H and O–H groups in total. The summed E-state index contributed by atoms with van der Waals surface area (Å²) in [6.45, 7) is 3.48. The van der Waals surface area contributed by atoms with Gasteiger partial charge in [0.1, 0.15) is 12.3 Å². The van der Waals surface area contributed by atoms with Crippen molar-refractivity contribution in [2.75, 3.05) is 17.9 Å². The van der Waals surface area contributed by atoms with Gasteiger partial charge in [-0.1, -0.05) is 43.3 Å². The van der Waals surface area contributed by atoms with E-state index < -0.39 is 5.82 Å². The summed E-state index contributed by atoms with van der Waals surface area (Å²) >= 11 is -0.263. The highest BCUT2D eigenvalue weighted by molar-refractivity contribution is 7.95. The van der Waals surface area contributed by atoms with Gasteiger partial charge in [0.25, 0.3) is 0 Å². The van der Waals surface area contributed by atoms with Gasteiger partial charge in [-0.3, -0.25) is 5.41 Å². The number of ether oxygens (including phenoxy) is 2. The number of nitrogens with zero attached hydrogens (tertiary/aromatic N) is 3. The number of rotatable bonds is 11. The van der Waals surface area contributed by atoms with Gasteiger partial charge < -0.3 is 24.4 Å². The number of aromatic nitrogens is 2. The van der Waals surface area contributed by atoms with Gasteiger partial charge in [-0.05, 0) is 59.4 Å². The molecule has 0 bridgehead atoms. The number of hydrogen-bond acceptors (Lipinski definition) is 8. The van der Waals surface area contributed by atoms with Crippen LogP contribution in [0.15, 0.2) is 60.7 Å². The van der Waals surface area contributed by atoms with Crippen molar-refractivity contribution in [3.8, 4) is 16.9 Å². The normalized spacial score (nSPS) is 15.6. The second kappa shape index (κ2) is 14.1. The minimum Gasteiger partial charge on any atom is -0.486 e. The summed E-state index contributed by atoms with van der Waals surface area (Å²) in [5.74, 6) is -0.375. The first-order chi connectivity index (χ1) is 22.4. The SMILES string of the molecule is CCc1cc(OCc2ccccc2)c(F)cc1-c1ccc(C(=N)c2nc3c(n2SF)CN(C(=O)NC2CCOC2)C3)c(NSF)c1. The molecule has 1 atom stereocenters. The first-order valence-corrected chi connectivity index (χ1v) is 16.1. The quantitative estimate of drug-likeness (QED) is 0.113. The lowest BCUT2D eigenvalue weighted by Crippen LogP contribution is -2.43. The van der Waals surface area contributed by atoms with Crippen molar-refractivity contribution in [3.63, 3.8) is 0 Å². The van der Waals surface area contributed by atoms with Crippen LogP contribution in [-0.2, 0) is 30.9 Å². The zero-order chi connectivity index (χ0) is 32.2. The number of benzene rings is 3. The van der Waals surface area contributed by atoms with Gasteiger partial charge in [-0.2, -0.15) is 0 Å². The van der Waals surface area contributed by atoms with Crippen LogP contribution >= 0.6 is 24.7 Å². The van der Waals surface area contributed by atoms with E-state index in [0.29, 0.717) is 42.1 Å². The molecule has 0 spiro atoms. The highest BCUT2D eigenvalue weighted by Gasteiger charge is 2.33. The van der Waals surface area contributed by atoms with Crippen LogP contribution in [0, 0.1) is 11.2 Å². The minimum atomic E-state index is -0.537. The largest absolute Gasteiger partial charge is 0.486 e. The van der Waals surface area contributed by atoms with E-state index in [0.717, 1.165) is 17.5 Å². The average Bonchev–Trinajstić information content (AvgIpc) is 3.81. The molecular formula is C32H31F3N6O3S2. The lowest BCUT2D eigenvalue weighted by Gasteiger charge is -2.20. The lowest BCUT2D eigenvalue weighted by atomic mass is 9.95. The number of nitrogens with one attached hydrogen (secondary N) is 3. The lowest BCUT2D eigenvalue weighted by molar-refractivity contribution is 0.177. The third-order valence-corrected chi connectivity index (χ3v) is 8.88. The van der Waals surface area contributed by atoms with Crippen LogP contribution in [0.2, 0.25) is 0 Å². The summed E-state index contributed by atoms with van der Waals surface area (Å²) in [4.78, 5) is 18.8. The van der Waals surface area contributed by atoms with E-state index in [4.69, 9.17) is 14.9 Å². The molecule has 0 saturated carbocycles. The summed E-state index contributed by atoms with van der Waals surface area (Å²) in [5, 5.41) is 11.9. The Morgan fingerprint density at radius 2 is 1.98 bits per heavy atom. The standard InChI is InChI=1S/C32H31F3N6O3S2/c1-2-20-13-29(44-17-19-6-4-3-5-7-19)25(33)14-24(20)21-8-9-23(26(12-21)39-45-34)30(36)31-38-27-15-40(16-28(27)41(31)46-35)32(42)37-22-10-11-43-18-22/h3-9,12-14,22,36,39H,2,10-11,15-18H2,1H3,(H,37,42). The fourth-order valence-corrected chi connectivity index (χ4v) is 6.35. The van der Waals surface area contributed by atoms with E-state index in [1.165, 1.54) is 14.9 Å². The smallest absolute Gasteiger partial charge is 0.318 e. The van der Waals surface area contributed by atoms with Crippen LogP contribution in [0.1, 0.15) is 47.2 Å². The molecule has 240 valence electrons. The number of aryl methyl sites for hydroxylation is 1. The maximum Gasteiger partial charge on any atom is 0.318 e. The second-order valence-electron chi connectivity index (χ2n) is 10.9. The Labute approximate surface area is 273 Å². The van der Waals surface area contributed by atoms with Crippen LogP contribution in [0.25, 0.3) is 11.1 Å². The van der Waals surface area contributed by atoms with Crippen LogP contribution in [-0.4, -0.2) is 44.9 Å². The first-order valence-electron chi connectivity index (χ1n) is 14.7. The van der Waals surface area contributed by atoms with Crippen LogP contribution < -0.4 is 14.8 Å². The zero-order valence-corrected chi connectivity index (χ0v) is 26.5. The minimum absolute atomic E-state index is 0.0293. The highest BCUT2D eigenvalue weighted by atomic mass is 32.2. The van der Waals surface area contributed by atoms with E-state index in [9.17, 15) is 12.6 Å². The Bertz CT molecular complexity index is 1750. The van der Waals surface area contributed by atoms with Crippen molar-refractivity contribution in [2.45, 2.75) is 45.5 Å². The molecule has 4 aromatic rings. The number of amides is 2. The highest BCUT2D eigenvalue weighted by Crippen LogP contribution is 2.36. The first kappa shape index (κ1) is 31.8. The molecule has 0 aliphatic carbocycles. The average molecular weight is 669 g/mol. The molecule has 2 aliphatic rings. The predicted molar refractivity (Wildman–Crippen MR) is 174 cm³/mol. The van der Waals surface area contributed by atoms with Gasteiger partial charge in [-0.15, -0.1) is 7.77 Å². The Hall–Kier alpha value is -4.14. The van der Waals surface area contributed by atoms with Crippen LogP contribution in [0.5, 0.6) is 5.75 Å². The summed E-state index contributed by atoms with van der Waals surface area (Å²) in [6, 6.07) is 17.1. The molecular weight excluding hydrogens is 638 g/mol. The maximum absolute atomic E-state index is 15.3. The Kier molecular flexibility index (Phi) is 9.75. The molecule has 46 heavy (non-hydrogen) atoms. The van der Waals surface area contributed by atoms with Crippen molar-refractivity contribution in [1.82, 2.24) is 19.2 Å². The van der Waals surface area contributed by atoms with Gasteiger partial charge in [0, 0.05) is 12.2 Å². The summed E-state index contributed by atoms with van der Waals surface area (Å²) in [7, 11) is 0. The van der Waals surface area contributed by atoms with Crippen LogP contribution in [0.3, 0.4) is 0 Å². The molecule has 14 heteroatoms. The number of anilines is 1. The monoisotopic (exact) mass is 668 g/mol. The van der Waals surface area contributed by atoms with E-state index >= 15 is 4.39 Å². The topological polar surface area (TPSA) is 105 Å². The van der Waals surface area contributed by atoms with Gasteiger partial charge in [0.2, 0.25) is 0 Å². The van der Waals surface area contributed by atoms with Gasteiger partial charge in [0.05, 0.1) is 42.8 Å². The number of urea groups is 1. The Morgan fingerprint density at radius 1 is 1.15 bits per heavy atom. The van der Waals surface area contributed by atoms with E-state index in [2.05, 4.69) is 15.0 Å². The molecule has 1 aromatic heterocycles. The van der Waals surface area contributed by atoms with Gasteiger partial charge >= 0.3 is 6.03 Å². The van der Waals surface area contributed by atoms with Crippen LogP contribution in [0.4, 0.5) is 22.6 Å². The predicted octanol–water partition coefficient (Wildman–Crippen LogP) is 7.39. The molecule has 1 unspecified atom stereocenters. The molecule has 2 aliphatic heterocycles. The Balaban J connectivity index is 1.24. The maximum atomic E-state index is 15.3. The van der Waals surface area contributed by atoms with E-state index in [-0.39, 0.29) is 85.0 Å². The fourth-order valence-electron chi connectivity index (χ4n) is 5.65. The molecule has 1 fully saturated rings. The van der Waals surface area contributed by atoms with Crippen molar-refractivity contribution in [2.24, 2.45) is 0 Å². The second-order valence-corrected chi connectivity index (χ2v) is 11.8. The fraction of sp³-hybridized carbons (Fsp3) is 0.281. The zero-order valence-electron chi connectivity index (χ0n) is 24.8. The Morgan fingerprint density at radius 3 is 2.70 bits per heavy atom. The molecule has 2 amide bonds. The molecule has 3 aromatic carbocycles. The van der Waals surface area contributed by atoms with E-state index in [1.54, 1.807) is 24.3 Å². The molecule has 6 rings (SSSR count). The van der Waals surface area contributed by atoms with E-state index in [1.807, 2.05) is 37.3 Å². The van der Waals surface area contributed by atoms with Gasteiger partial charge in [-0.25, -0.2) is 18.1 Å². The number of imidazole rings is 1. The number of fused-ring (bicyclic) bond motifs is 1. The number of carbonyl (C=O) groups is 1. The summed E-state index contributed by atoms with van der Waals surface area (Å²) in [6.07, 6.45) is 1.31. The number of halogens is 3. The number of hydrogen-bond donors (Lipinski definition) is 3.